The minimum Gasteiger partial charge on any atom is -0.465 e. The topological polar surface area (TPSA) is 46.5 Å². The fourth-order valence-corrected chi connectivity index (χ4v) is 2.50. The largest absolute Gasteiger partial charge is 0.465 e. The van der Waals surface area contributed by atoms with Crippen molar-refractivity contribution in [3.05, 3.63) is 35.9 Å². The first-order chi connectivity index (χ1) is 8.74. The van der Waals surface area contributed by atoms with Crippen LogP contribution in [0.4, 0.5) is 0 Å². The van der Waals surface area contributed by atoms with E-state index in [-0.39, 0.29) is 24.4 Å². The van der Waals surface area contributed by atoms with Crippen LogP contribution in [0.5, 0.6) is 0 Å². The molecule has 0 aromatic heterocycles. The van der Waals surface area contributed by atoms with Crippen molar-refractivity contribution in [2.75, 3.05) is 6.61 Å². The quantitative estimate of drug-likeness (QED) is 0.833. The van der Waals surface area contributed by atoms with Crippen molar-refractivity contribution in [1.29, 1.82) is 0 Å². The van der Waals surface area contributed by atoms with Gasteiger partial charge in [0.2, 0.25) is 0 Å². The molecule has 1 aromatic carbocycles. The number of cyclic esters (lactones) is 1. The minimum atomic E-state index is -0.625. The third-order valence-corrected chi connectivity index (χ3v) is 3.63. The van der Waals surface area contributed by atoms with Crippen LogP contribution >= 0.6 is 0 Å². The van der Waals surface area contributed by atoms with Gasteiger partial charge in [-0.05, 0) is 12.0 Å². The van der Waals surface area contributed by atoms with Crippen LogP contribution < -0.4 is 0 Å². The van der Waals surface area contributed by atoms with Gasteiger partial charge in [0.1, 0.15) is 6.61 Å². The Hall–Kier alpha value is -1.35. The number of benzene rings is 1. The lowest BCUT2D eigenvalue weighted by atomic mass is 9.82. The van der Waals surface area contributed by atoms with Crippen molar-refractivity contribution >= 4 is 5.97 Å². The molecule has 0 spiro atoms. The van der Waals surface area contributed by atoms with Gasteiger partial charge < -0.3 is 9.84 Å². The third-order valence-electron chi connectivity index (χ3n) is 3.63. The molecule has 1 fully saturated rings. The Morgan fingerprint density at radius 3 is 2.72 bits per heavy atom. The monoisotopic (exact) mass is 248 g/mol. The van der Waals surface area contributed by atoms with Gasteiger partial charge in [-0.15, -0.1) is 0 Å². The van der Waals surface area contributed by atoms with Gasteiger partial charge in [-0.2, -0.15) is 0 Å². The third kappa shape index (κ3) is 2.72. The van der Waals surface area contributed by atoms with Crippen molar-refractivity contribution in [2.45, 2.75) is 38.2 Å². The highest BCUT2D eigenvalue weighted by atomic mass is 16.5. The summed E-state index contributed by atoms with van der Waals surface area (Å²) >= 11 is 0. The maximum atomic E-state index is 11.7. The molecule has 18 heavy (non-hydrogen) atoms. The summed E-state index contributed by atoms with van der Waals surface area (Å²) in [5.41, 5.74) is 1.04. The molecule has 0 aliphatic carbocycles. The number of aliphatic hydroxyl groups is 1. The fourth-order valence-electron chi connectivity index (χ4n) is 2.50. The number of ether oxygens (including phenoxy) is 1. The Kier molecular flexibility index (Phi) is 4.37. The molecule has 1 heterocycles. The maximum Gasteiger partial charge on any atom is 0.311 e. The second-order valence-electron chi connectivity index (χ2n) is 4.89. The molecule has 3 nitrogen and oxygen atoms in total. The van der Waals surface area contributed by atoms with Gasteiger partial charge in [0, 0.05) is 5.92 Å². The summed E-state index contributed by atoms with van der Waals surface area (Å²) in [4.78, 5) is 11.7. The molecule has 98 valence electrons. The van der Waals surface area contributed by atoms with Crippen LogP contribution in [0.1, 0.15) is 37.7 Å². The highest BCUT2D eigenvalue weighted by Gasteiger charge is 2.39. The van der Waals surface area contributed by atoms with Crippen LogP contribution in [0.3, 0.4) is 0 Å². The highest BCUT2D eigenvalue weighted by molar-refractivity contribution is 5.74. The summed E-state index contributed by atoms with van der Waals surface area (Å²) in [6, 6.07) is 9.78. The molecule has 0 amide bonds. The molecule has 0 saturated carbocycles. The standard InChI is InChI=1S/C15H20O3/c1-2-3-9-12-14(16)13(10-18-15(12)17)11-7-5-4-6-8-11/h4-8,12-14,16H,2-3,9-10H2,1H3. The zero-order chi connectivity index (χ0) is 13.0. The number of unbranched alkanes of at least 4 members (excludes halogenated alkanes) is 1. The van der Waals surface area contributed by atoms with E-state index in [2.05, 4.69) is 6.92 Å². The molecule has 0 bridgehead atoms. The van der Waals surface area contributed by atoms with Crippen LogP contribution in [-0.4, -0.2) is 23.8 Å². The Morgan fingerprint density at radius 2 is 2.06 bits per heavy atom. The molecule has 1 aliphatic rings. The van der Waals surface area contributed by atoms with Gasteiger partial charge >= 0.3 is 5.97 Å². The predicted octanol–water partition coefficient (Wildman–Crippen LogP) is 2.49. The molecule has 1 aromatic rings. The smallest absolute Gasteiger partial charge is 0.311 e. The zero-order valence-corrected chi connectivity index (χ0v) is 10.7. The van der Waals surface area contributed by atoms with E-state index in [1.807, 2.05) is 30.3 Å². The first kappa shape index (κ1) is 13.1. The molecule has 0 radical (unpaired) electrons. The summed E-state index contributed by atoms with van der Waals surface area (Å²) in [5.74, 6) is -0.710. The lowest BCUT2D eigenvalue weighted by Gasteiger charge is -2.33. The normalized spacial score (nSPS) is 27.9. The lowest BCUT2D eigenvalue weighted by molar-refractivity contribution is -0.163. The molecule has 3 atom stereocenters. The van der Waals surface area contributed by atoms with E-state index in [9.17, 15) is 9.90 Å². The van der Waals surface area contributed by atoms with E-state index in [4.69, 9.17) is 4.74 Å². The number of hydrogen-bond donors (Lipinski definition) is 1. The SMILES string of the molecule is CCCCC1C(=O)OCC(c2ccccc2)C1O. The van der Waals surface area contributed by atoms with Crippen molar-refractivity contribution in [3.63, 3.8) is 0 Å². The van der Waals surface area contributed by atoms with E-state index in [0.717, 1.165) is 18.4 Å². The van der Waals surface area contributed by atoms with Gasteiger partial charge in [-0.25, -0.2) is 0 Å². The van der Waals surface area contributed by atoms with Gasteiger partial charge in [0.05, 0.1) is 12.0 Å². The molecule has 1 aliphatic heterocycles. The maximum absolute atomic E-state index is 11.7. The first-order valence-corrected chi connectivity index (χ1v) is 6.63. The summed E-state index contributed by atoms with van der Waals surface area (Å²) < 4.78 is 5.23. The van der Waals surface area contributed by atoms with Gasteiger partial charge in [0.25, 0.3) is 0 Å². The lowest BCUT2D eigenvalue weighted by Crippen LogP contribution is -2.42. The van der Waals surface area contributed by atoms with E-state index >= 15 is 0 Å². The Labute approximate surface area is 108 Å². The Balaban J connectivity index is 2.12. The number of esters is 1. The number of hydrogen-bond acceptors (Lipinski definition) is 3. The van der Waals surface area contributed by atoms with Crippen LogP contribution in [0.15, 0.2) is 30.3 Å². The number of rotatable bonds is 4. The van der Waals surface area contributed by atoms with Crippen LogP contribution in [0.2, 0.25) is 0 Å². The van der Waals surface area contributed by atoms with Crippen LogP contribution in [-0.2, 0) is 9.53 Å². The van der Waals surface area contributed by atoms with Gasteiger partial charge in [-0.1, -0.05) is 50.1 Å². The molecule has 3 unspecified atom stereocenters. The fraction of sp³-hybridized carbons (Fsp3) is 0.533. The number of carbonyl (C=O) groups is 1. The molecule has 1 N–H and O–H groups in total. The minimum absolute atomic E-state index is 0.0919. The number of carbonyl (C=O) groups excluding carboxylic acids is 1. The predicted molar refractivity (Wildman–Crippen MR) is 69.2 cm³/mol. The zero-order valence-electron chi connectivity index (χ0n) is 10.7. The van der Waals surface area contributed by atoms with Gasteiger partial charge in [-0.3, -0.25) is 4.79 Å². The number of aliphatic hydroxyl groups excluding tert-OH is 1. The first-order valence-electron chi connectivity index (χ1n) is 6.63. The van der Waals surface area contributed by atoms with Crippen molar-refractivity contribution < 1.29 is 14.6 Å². The Morgan fingerprint density at radius 1 is 1.33 bits per heavy atom. The molecule has 2 rings (SSSR count). The molecule has 3 heteroatoms. The van der Waals surface area contributed by atoms with E-state index in [0.29, 0.717) is 6.42 Å². The summed E-state index contributed by atoms with van der Waals surface area (Å²) in [7, 11) is 0. The summed E-state index contributed by atoms with van der Waals surface area (Å²) in [6.45, 7) is 2.36. The van der Waals surface area contributed by atoms with E-state index in [1.54, 1.807) is 0 Å². The molecular formula is C15H20O3. The van der Waals surface area contributed by atoms with Crippen molar-refractivity contribution in [2.24, 2.45) is 5.92 Å². The van der Waals surface area contributed by atoms with Crippen LogP contribution in [0.25, 0.3) is 0 Å². The molecule has 1 saturated heterocycles. The van der Waals surface area contributed by atoms with Gasteiger partial charge in [0.15, 0.2) is 0 Å². The van der Waals surface area contributed by atoms with Crippen molar-refractivity contribution in [1.82, 2.24) is 0 Å². The van der Waals surface area contributed by atoms with E-state index < -0.39 is 6.10 Å². The van der Waals surface area contributed by atoms with Crippen LogP contribution in [0, 0.1) is 5.92 Å². The molecular weight excluding hydrogens is 228 g/mol. The highest BCUT2D eigenvalue weighted by Crippen LogP contribution is 2.32. The summed E-state index contributed by atoms with van der Waals surface area (Å²) in [6.07, 6.45) is 2.05. The Bertz CT molecular complexity index is 388. The average Bonchev–Trinajstić information content (AvgIpc) is 2.40. The second kappa shape index (κ2) is 6.01. The van der Waals surface area contributed by atoms with E-state index in [1.165, 1.54) is 0 Å². The average molecular weight is 248 g/mol. The second-order valence-corrected chi connectivity index (χ2v) is 4.89. The van der Waals surface area contributed by atoms with Crippen molar-refractivity contribution in [3.8, 4) is 0 Å². The summed E-state index contributed by atoms with van der Waals surface area (Å²) in [5, 5.41) is 10.4.